The maximum Gasteiger partial charge on any atom is 0.123 e. The number of nitrogens with one attached hydrogen (secondary N) is 1. The molecule has 2 aromatic rings. The van der Waals surface area contributed by atoms with Gasteiger partial charge in [-0.3, -0.25) is 0 Å². The molecule has 3 heteroatoms. The Labute approximate surface area is 171 Å². The van der Waals surface area contributed by atoms with Crippen molar-refractivity contribution < 1.29 is 9.47 Å². The van der Waals surface area contributed by atoms with Gasteiger partial charge in [0, 0.05) is 11.8 Å². The Morgan fingerprint density at radius 1 is 0.929 bits per heavy atom. The van der Waals surface area contributed by atoms with Crippen molar-refractivity contribution in [3.8, 4) is 11.5 Å². The Balaban J connectivity index is 1.94. The van der Waals surface area contributed by atoms with Gasteiger partial charge in [-0.15, -0.1) is 0 Å². The number of anilines is 1. The van der Waals surface area contributed by atoms with Crippen LogP contribution in [0.5, 0.6) is 11.5 Å². The summed E-state index contributed by atoms with van der Waals surface area (Å²) < 4.78 is 12.2. The van der Waals surface area contributed by atoms with Crippen LogP contribution < -0.4 is 14.8 Å². The first kappa shape index (κ1) is 22.1. The molecular formula is C25H37NO2. The van der Waals surface area contributed by atoms with Crippen LogP contribution in [-0.4, -0.2) is 19.3 Å². The van der Waals surface area contributed by atoms with E-state index in [1.165, 1.54) is 5.56 Å². The fourth-order valence-electron chi connectivity index (χ4n) is 3.00. The van der Waals surface area contributed by atoms with E-state index >= 15 is 0 Å². The number of hydrogen-bond donors (Lipinski definition) is 1. The van der Waals surface area contributed by atoms with Gasteiger partial charge in [-0.1, -0.05) is 58.9 Å². The zero-order chi connectivity index (χ0) is 20.4. The topological polar surface area (TPSA) is 30.5 Å². The maximum absolute atomic E-state index is 6.37. The second-order valence-electron chi connectivity index (χ2n) is 7.93. The van der Waals surface area contributed by atoms with Crippen LogP contribution in [0.4, 0.5) is 5.69 Å². The zero-order valence-electron chi connectivity index (χ0n) is 18.2. The van der Waals surface area contributed by atoms with Crippen LogP contribution in [0.2, 0.25) is 0 Å². The summed E-state index contributed by atoms with van der Waals surface area (Å²) in [5.74, 6) is 3.08. The minimum atomic E-state index is 0.121. The lowest BCUT2D eigenvalue weighted by atomic mass is 9.98. The summed E-state index contributed by atoms with van der Waals surface area (Å²) in [4.78, 5) is 0. The molecule has 0 aliphatic heterocycles. The highest BCUT2D eigenvalue weighted by Crippen LogP contribution is 2.29. The van der Waals surface area contributed by atoms with Gasteiger partial charge in [-0.2, -0.15) is 0 Å². The predicted molar refractivity (Wildman–Crippen MR) is 120 cm³/mol. The van der Waals surface area contributed by atoms with Gasteiger partial charge in [0.25, 0.3) is 0 Å². The van der Waals surface area contributed by atoms with Crippen LogP contribution in [-0.2, 0) is 0 Å². The van der Waals surface area contributed by atoms with Gasteiger partial charge in [0.1, 0.15) is 17.6 Å². The van der Waals surface area contributed by atoms with E-state index in [4.69, 9.17) is 9.47 Å². The molecule has 0 aromatic heterocycles. The molecule has 0 heterocycles. The fraction of sp³-hybridized carbons (Fsp3) is 0.520. The molecule has 2 atom stereocenters. The van der Waals surface area contributed by atoms with E-state index in [1.54, 1.807) is 0 Å². The van der Waals surface area contributed by atoms with E-state index < -0.39 is 0 Å². The molecule has 2 aromatic carbocycles. The average molecular weight is 384 g/mol. The van der Waals surface area contributed by atoms with Crippen molar-refractivity contribution in [2.24, 2.45) is 5.92 Å². The third-order valence-corrected chi connectivity index (χ3v) is 5.14. The maximum atomic E-state index is 6.37. The zero-order valence-corrected chi connectivity index (χ0v) is 18.2. The lowest BCUT2D eigenvalue weighted by Crippen LogP contribution is -2.26. The van der Waals surface area contributed by atoms with E-state index in [0.29, 0.717) is 11.8 Å². The summed E-state index contributed by atoms with van der Waals surface area (Å²) in [6.07, 6.45) is 3.25. The Morgan fingerprint density at radius 3 is 2.43 bits per heavy atom. The Morgan fingerprint density at radius 2 is 1.71 bits per heavy atom. The van der Waals surface area contributed by atoms with Crippen LogP contribution in [0.3, 0.4) is 0 Å². The SMILES string of the molecule is CCC(CNc1cccc(OCCC(C)C)c1)Oc1ccccc1C(C)CC. The highest BCUT2D eigenvalue weighted by atomic mass is 16.5. The van der Waals surface area contributed by atoms with E-state index in [0.717, 1.165) is 49.6 Å². The van der Waals surface area contributed by atoms with E-state index in [2.05, 4.69) is 76.3 Å². The van der Waals surface area contributed by atoms with Crippen LogP contribution in [0.1, 0.15) is 65.4 Å². The van der Waals surface area contributed by atoms with Gasteiger partial charge in [-0.05, 0) is 54.9 Å². The second kappa shape index (κ2) is 11.6. The largest absolute Gasteiger partial charge is 0.494 e. The Kier molecular flexibility index (Phi) is 9.19. The number of ether oxygens (including phenoxy) is 2. The molecule has 2 rings (SSSR count). The van der Waals surface area contributed by atoms with Crippen LogP contribution in [0.25, 0.3) is 0 Å². The fourth-order valence-corrected chi connectivity index (χ4v) is 3.00. The molecule has 0 amide bonds. The minimum absolute atomic E-state index is 0.121. The molecule has 0 saturated heterocycles. The van der Waals surface area contributed by atoms with Gasteiger partial charge >= 0.3 is 0 Å². The first-order valence-electron chi connectivity index (χ1n) is 10.8. The van der Waals surface area contributed by atoms with Crippen molar-refractivity contribution in [2.45, 2.75) is 65.9 Å². The summed E-state index contributed by atoms with van der Waals surface area (Å²) in [7, 11) is 0. The Bertz CT molecular complexity index is 698. The van der Waals surface area contributed by atoms with Crippen LogP contribution >= 0.6 is 0 Å². The normalized spacial score (nSPS) is 13.2. The second-order valence-corrected chi connectivity index (χ2v) is 7.93. The van der Waals surface area contributed by atoms with Crippen LogP contribution in [0, 0.1) is 5.92 Å². The molecule has 28 heavy (non-hydrogen) atoms. The summed E-state index contributed by atoms with van der Waals surface area (Å²) >= 11 is 0. The number of hydrogen-bond acceptors (Lipinski definition) is 3. The summed E-state index contributed by atoms with van der Waals surface area (Å²) in [5, 5.41) is 3.51. The van der Waals surface area contributed by atoms with Gasteiger partial charge in [0.05, 0.1) is 13.2 Å². The standard InChI is InChI=1S/C25H37NO2/c1-6-20(5)24-13-8-9-14-25(24)28-22(7-2)18-26-21-11-10-12-23(17-21)27-16-15-19(3)4/h8-14,17,19-20,22,26H,6-7,15-16,18H2,1-5H3. The smallest absolute Gasteiger partial charge is 0.123 e. The first-order valence-corrected chi connectivity index (χ1v) is 10.8. The Hall–Kier alpha value is -2.16. The molecular weight excluding hydrogens is 346 g/mol. The highest BCUT2D eigenvalue weighted by Gasteiger charge is 2.14. The molecule has 1 N–H and O–H groups in total. The molecule has 0 aliphatic rings. The molecule has 0 saturated carbocycles. The summed E-state index contributed by atoms with van der Waals surface area (Å²) in [5.41, 5.74) is 2.36. The molecule has 0 radical (unpaired) electrons. The minimum Gasteiger partial charge on any atom is -0.494 e. The lowest BCUT2D eigenvalue weighted by molar-refractivity contribution is 0.207. The van der Waals surface area contributed by atoms with Gasteiger partial charge < -0.3 is 14.8 Å². The van der Waals surface area contributed by atoms with Crippen molar-refractivity contribution in [1.82, 2.24) is 0 Å². The molecule has 0 fully saturated rings. The molecule has 2 unspecified atom stereocenters. The van der Waals surface area contributed by atoms with Crippen molar-refractivity contribution in [1.29, 1.82) is 0 Å². The van der Waals surface area contributed by atoms with Crippen molar-refractivity contribution in [3.05, 3.63) is 54.1 Å². The van der Waals surface area contributed by atoms with Gasteiger partial charge in [-0.25, -0.2) is 0 Å². The molecule has 0 bridgehead atoms. The lowest BCUT2D eigenvalue weighted by Gasteiger charge is -2.22. The average Bonchev–Trinajstić information content (AvgIpc) is 2.71. The third kappa shape index (κ3) is 7.10. The van der Waals surface area contributed by atoms with Crippen molar-refractivity contribution in [3.63, 3.8) is 0 Å². The predicted octanol–water partition coefficient (Wildman–Crippen LogP) is 6.89. The van der Waals surface area contributed by atoms with Crippen molar-refractivity contribution in [2.75, 3.05) is 18.5 Å². The molecule has 3 nitrogen and oxygen atoms in total. The molecule has 154 valence electrons. The van der Waals surface area contributed by atoms with Gasteiger partial charge in [0.15, 0.2) is 0 Å². The van der Waals surface area contributed by atoms with E-state index in [1.807, 2.05) is 12.1 Å². The third-order valence-electron chi connectivity index (χ3n) is 5.14. The highest BCUT2D eigenvalue weighted by molar-refractivity contribution is 5.48. The summed E-state index contributed by atoms with van der Waals surface area (Å²) in [6.45, 7) is 12.6. The quantitative estimate of drug-likeness (QED) is 0.432. The van der Waals surface area contributed by atoms with Gasteiger partial charge in [0.2, 0.25) is 0 Å². The van der Waals surface area contributed by atoms with Crippen molar-refractivity contribution >= 4 is 5.69 Å². The molecule has 0 aliphatic carbocycles. The number of benzene rings is 2. The number of rotatable bonds is 12. The first-order chi connectivity index (χ1) is 13.5. The summed E-state index contributed by atoms with van der Waals surface area (Å²) in [6, 6.07) is 16.6. The monoisotopic (exact) mass is 383 g/mol. The number of para-hydroxylation sites is 1. The van der Waals surface area contributed by atoms with Crippen LogP contribution in [0.15, 0.2) is 48.5 Å². The molecule has 0 spiro atoms. The van der Waals surface area contributed by atoms with E-state index in [-0.39, 0.29) is 6.10 Å². The van der Waals surface area contributed by atoms with E-state index in [9.17, 15) is 0 Å².